The molecule has 0 spiro atoms. The van der Waals surface area contributed by atoms with Crippen molar-refractivity contribution < 1.29 is 4.92 Å². The van der Waals surface area contributed by atoms with Gasteiger partial charge in [-0.1, -0.05) is 0 Å². The summed E-state index contributed by atoms with van der Waals surface area (Å²) < 4.78 is 0. The molecule has 0 fully saturated rings. The van der Waals surface area contributed by atoms with Gasteiger partial charge in [-0.2, -0.15) is 0 Å². The van der Waals surface area contributed by atoms with E-state index in [1.165, 1.54) is 17.4 Å². The van der Waals surface area contributed by atoms with Crippen molar-refractivity contribution in [2.45, 2.75) is 20.4 Å². The molecule has 94 valence electrons. The van der Waals surface area contributed by atoms with Crippen molar-refractivity contribution >= 4 is 22.8 Å². The lowest BCUT2D eigenvalue weighted by molar-refractivity contribution is -0.384. The number of nitrogens with one attached hydrogen (secondary N) is 1. The molecule has 2 aromatic rings. The number of anilines is 1. The smallest absolute Gasteiger partial charge is 0.311 e. The summed E-state index contributed by atoms with van der Waals surface area (Å²) >= 11 is 1.52. The van der Waals surface area contributed by atoms with Gasteiger partial charge in [0.1, 0.15) is 5.01 Å². The number of hydrogen-bond donors (Lipinski definition) is 1. The first-order valence-electron chi connectivity index (χ1n) is 5.33. The van der Waals surface area contributed by atoms with Gasteiger partial charge < -0.3 is 5.32 Å². The van der Waals surface area contributed by atoms with Crippen molar-refractivity contribution in [2.75, 3.05) is 5.32 Å². The summed E-state index contributed by atoms with van der Waals surface area (Å²) in [7, 11) is 0. The molecule has 18 heavy (non-hydrogen) atoms. The highest BCUT2D eigenvalue weighted by atomic mass is 32.1. The molecule has 0 saturated carbocycles. The molecule has 2 rings (SSSR count). The number of nitro groups is 1. The lowest BCUT2D eigenvalue weighted by atomic mass is 10.3. The molecule has 0 radical (unpaired) electrons. The molecule has 0 amide bonds. The molecule has 0 atom stereocenters. The van der Waals surface area contributed by atoms with E-state index in [9.17, 15) is 10.1 Å². The zero-order valence-electron chi connectivity index (χ0n) is 10.0. The number of thiazole rings is 1. The maximum atomic E-state index is 10.9. The number of hydrogen-bond acceptors (Lipinski definition) is 6. The van der Waals surface area contributed by atoms with Gasteiger partial charge in [-0.25, -0.2) is 9.97 Å². The molecule has 0 unspecified atom stereocenters. The largest absolute Gasteiger partial charge is 0.358 e. The SMILES string of the molecule is Cc1csc(CNc2nc(C)ccc2[N+](=O)[O-])n1. The molecule has 2 aromatic heterocycles. The average Bonchev–Trinajstić information content (AvgIpc) is 2.72. The number of nitrogens with zero attached hydrogens (tertiary/aromatic N) is 3. The Balaban J connectivity index is 2.17. The summed E-state index contributed by atoms with van der Waals surface area (Å²) in [6.45, 7) is 4.14. The van der Waals surface area contributed by atoms with Crippen LogP contribution in [0.25, 0.3) is 0 Å². The number of rotatable bonds is 4. The first-order chi connectivity index (χ1) is 8.56. The zero-order chi connectivity index (χ0) is 13.1. The van der Waals surface area contributed by atoms with Gasteiger partial charge >= 0.3 is 5.69 Å². The Hall–Kier alpha value is -2.02. The van der Waals surface area contributed by atoms with Gasteiger partial charge in [0.25, 0.3) is 0 Å². The zero-order valence-corrected chi connectivity index (χ0v) is 10.8. The van der Waals surface area contributed by atoms with Crippen LogP contribution in [0.3, 0.4) is 0 Å². The average molecular weight is 264 g/mol. The van der Waals surface area contributed by atoms with Crippen LogP contribution in [0.15, 0.2) is 17.5 Å². The van der Waals surface area contributed by atoms with Crippen molar-refractivity contribution in [1.29, 1.82) is 0 Å². The van der Waals surface area contributed by atoms with Crippen LogP contribution in [0.5, 0.6) is 0 Å². The van der Waals surface area contributed by atoms with Gasteiger partial charge in [-0.05, 0) is 19.9 Å². The van der Waals surface area contributed by atoms with Crippen LogP contribution in [-0.4, -0.2) is 14.9 Å². The normalized spacial score (nSPS) is 10.3. The number of pyridine rings is 1. The highest BCUT2D eigenvalue weighted by Gasteiger charge is 2.15. The molecule has 1 N–H and O–H groups in total. The molecule has 0 aliphatic carbocycles. The monoisotopic (exact) mass is 264 g/mol. The Morgan fingerprint density at radius 3 is 2.72 bits per heavy atom. The number of aromatic nitrogens is 2. The summed E-state index contributed by atoms with van der Waals surface area (Å²) in [5.74, 6) is 0.285. The summed E-state index contributed by atoms with van der Waals surface area (Å²) in [5, 5.41) is 16.6. The van der Waals surface area contributed by atoms with E-state index in [0.717, 1.165) is 16.4 Å². The standard InChI is InChI=1S/C11H12N4O2S/c1-7-3-4-9(15(16)17)11(14-7)12-5-10-13-8(2)6-18-10/h3-4,6H,5H2,1-2H3,(H,12,14). The predicted molar refractivity (Wildman–Crippen MR) is 69.8 cm³/mol. The second-order valence-corrected chi connectivity index (χ2v) is 4.76. The fourth-order valence-corrected chi connectivity index (χ4v) is 2.18. The van der Waals surface area contributed by atoms with E-state index >= 15 is 0 Å². The molecule has 7 heteroatoms. The lowest BCUT2D eigenvalue weighted by Gasteiger charge is -2.05. The summed E-state index contributed by atoms with van der Waals surface area (Å²) in [4.78, 5) is 18.8. The molecule has 0 aliphatic heterocycles. The van der Waals surface area contributed by atoms with E-state index in [1.54, 1.807) is 13.0 Å². The van der Waals surface area contributed by atoms with E-state index in [0.29, 0.717) is 6.54 Å². The van der Waals surface area contributed by atoms with E-state index in [-0.39, 0.29) is 11.5 Å². The van der Waals surface area contributed by atoms with Crippen molar-refractivity contribution in [3.63, 3.8) is 0 Å². The predicted octanol–water partition coefficient (Wildman–Crippen LogP) is 2.68. The molecule has 0 saturated heterocycles. The second kappa shape index (κ2) is 5.09. The van der Waals surface area contributed by atoms with Crippen molar-refractivity contribution in [3.8, 4) is 0 Å². The van der Waals surface area contributed by atoms with E-state index < -0.39 is 4.92 Å². The first kappa shape index (κ1) is 12.4. The first-order valence-corrected chi connectivity index (χ1v) is 6.21. The van der Waals surface area contributed by atoms with Gasteiger partial charge in [0.05, 0.1) is 11.5 Å². The molecular formula is C11H12N4O2S. The van der Waals surface area contributed by atoms with Crippen LogP contribution in [0.4, 0.5) is 11.5 Å². The Kier molecular flexibility index (Phi) is 3.52. The van der Waals surface area contributed by atoms with Crippen LogP contribution in [-0.2, 0) is 6.54 Å². The number of aryl methyl sites for hydroxylation is 2. The minimum absolute atomic E-state index is 0.0196. The quantitative estimate of drug-likeness (QED) is 0.678. The van der Waals surface area contributed by atoms with Gasteiger partial charge in [0.15, 0.2) is 0 Å². The molecule has 6 nitrogen and oxygen atoms in total. The Labute approximate surface area is 108 Å². The van der Waals surface area contributed by atoms with Crippen LogP contribution in [0.1, 0.15) is 16.4 Å². The van der Waals surface area contributed by atoms with Crippen molar-refractivity contribution in [1.82, 2.24) is 9.97 Å². The molecule has 0 aliphatic rings. The molecule has 0 bridgehead atoms. The third-order valence-corrected chi connectivity index (χ3v) is 3.25. The molecule has 2 heterocycles. The van der Waals surface area contributed by atoms with E-state index in [4.69, 9.17) is 0 Å². The molecule has 0 aromatic carbocycles. The molecular weight excluding hydrogens is 252 g/mol. The Morgan fingerprint density at radius 1 is 1.33 bits per heavy atom. The van der Waals surface area contributed by atoms with Gasteiger partial charge in [-0.3, -0.25) is 10.1 Å². The lowest BCUT2D eigenvalue weighted by Crippen LogP contribution is -2.05. The van der Waals surface area contributed by atoms with E-state index in [2.05, 4.69) is 15.3 Å². The Bertz CT molecular complexity index is 582. The fourth-order valence-electron chi connectivity index (χ4n) is 1.47. The van der Waals surface area contributed by atoms with Crippen molar-refractivity contribution in [3.05, 3.63) is 44.0 Å². The summed E-state index contributed by atoms with van der Waals surface area (Å²) in [6, 6.07) is 3.08. The van der Waals surface area contributed by atoms with Crippen LogP contribution in [0.2, 0.25) is 0 Å². The van der Waals surface area contributed by atoms with Gasteiger partial charge in [-0.15, -0.1) is 11.3 Å². The van der Waals surface area contributed by atoms with Crippen molar-refractivity contribution in [2.24, 2.45) is 0 Å². The van der Waals surface area contributed by atoms with E-state index in [1.807, 2.05) is 12.3 Å². The summed E-state index contributed by atoms with van der Waals surface area (Å²) in [6.07, 6.45) is 0. The maximum absolute atomic E-state index is 10.9. The minimum atomic E-state index is -0.443. The Morgan fingerprint density at radius 2 is 2.11 bits per heavy atom. The highest BCUT2D eigenvalue weighted by molar-refractivity contribution is 7.09. The van der Waals surface area contributed by atoms with Crippen LogP contribution in [0, 0.1) is 24.0 Å². The third kappa shape index (κ3) is 2.80. The van der Waals surface area contributed by atoms with Gasteiger partial charge in [0.2, 0.25) is 5.82 Å². The van der Waals surface area contributed by atoms with Crippen LogP contribution < -0.4 is 5.32 Å². The second-order valence-electron chi connectivity index (χ2n) is 3.81. The highest BCUT2D eigenvalue weighted by Crippen LogP contribution is 2.22. The minimum Gasteiger partial charge on any atom is -0.358 e. The topological polar surface area (TPSA) is 81.0 Å². The van der Waals surface area contributed by atoms with Gasteiger partial charge in [0, 0.05) is 22.8 Å². The maximum Gasteiger partial charge on any atom is 0.311 e. The third-order valence-electron chi connectivity index (χ3n) is 2.28. The fraction of sp³-hybridized carbons (Fsp3) is 0.273. The van der Waals surface area contributed by atoms with Crippen LogP contribution >= 0.6 is 11.3 Å². The summed E-state index contributed by atoms with van der Waals surface area (Å²) in [5.41, 5.74) is 1.66.